The molecule has 0 N–H and O–H groups in total. The Morgan fingerprint density at radius 3 is 1.25 bits per heavy atom. The number of fused-ring (bicyclic) bond motifs is 9. The maximum atomic E-state index is 2.54. The van der Waals surface area contributed by atoms with E-state index >= 15 is 0 Å². The van der Waals surface area contributed by atoms with Crippen LogP contribution >= 0.6 is 0 Å². The number of aromatic nitrogens is 2. The van der Waals surface area contributed by atoms with E-state index in [2.05, 4.69) is 240 Å². The third-order valence-corrected chi connectivity index (χ3v) is 15.0. The first-order valence-corrected chi connectivity index (χ1v) is 23.3. The largest absolute Gasteiger partial charge is 0.309 e. The molecule has 11 aromatic carbocycles. The van der Waals surface area contributed by atoms with Crippen molar-refractivity contribution in [2.75, 3.05) is 0 Å². The second-order valence-electron chi connectivity index (χ2n) is 16.9. The summed E-state index contributed by atoms with van der Waals surface area (Å²) in [4.78, 5) is 0. The fourth-order valence-corrected chi connectivity index (χ4v) is 12.1. The van der Waals surface area contributed by atoms with Gasteiger partial charge in [-0.1, -0.05) is 192 Å². The zero-order valence-corrected chi connectivity index (χ0v) is 36.0. The second-order valence-corrected chi connectivity index (χ2v) is 18.9. The van der Waals surface area contributed by atoms with Gasteiger partial charge in [0, 0.05) is 32.9 Å². The molecule has 0 spiro atoms. The Morgan fingerprint density at radius 2 is 0.698 bits per heavy atom. The molecule has 0 aliphatic carbocycles. The monoisotopic (exact) mass is 816 g/mol. The third-order valence-electron chi connectivity index (χ3n) is 13.2. The van der Waals surface area contributed by atoms with Crippen molar-refractivity contribution < 1.29 is 0 Å². The summed E-state index contributed by atoms with van der Waals surface area (Å²) in [6, 6.07) is 86.0. The quantitative estimate of drug-likeness (QED) is 0.117. The summed E-state index contributed by atoms with van der Waals surface area (Å²) < 4.78 is 4.96. The van der Waals surface area contributed by atoms with Crippen LogP contribution in [0.25, 0.3) is 110 Å². The van der Waals surface area contributed by atoms with E-state index in [0.29, 0.717) is 0 Å². The van der Waals surface area contributed by atoms with Crippen molar-refractivity contribution in [1.29, 1.82) is 0 Å². The SMILES string of the molecule is c1ccc([SiH2]c2ccc3c(-c4ccc5ccccc5c4)c4ccccc4c(-c4cc(-n5c6ccccc6c6ccccc65)cc(-n5c6ccccc6c6ccccc65)c4)c3c2)cc1. The molecule has 13 aromatic rings. The van der Waals surface area contributed by atoms with Crippen LogP contribution in [-0.4, -0.2) is 18.7 Å². The van der Waals surface area contributed by atoms with Crippen LogP contribution in [0.3, 0.4) is 0 Å². The lowest BCUT2D eigenvalue weighted by atomic mass is 9.85. The minimum atomic E-state index is -0.760. The summed E-state index contributed by atoms with van der Waals surface area (Å²) >= 11 is 0. The Labute approximate surface area is 367 Å². The van der Waals surface area contributed by atoms with Crippen LogP contribution < -0.4 is 10.4 Å². The van der Waals surface area contributed by atoms with Crippen molar-refractivity contribution >= 4 is 95.8 Å². The van der Waals surface area contributed by atoms with Gasteiger partial charge in [0.15, 0.2) is 0 Å². The van der Waals surface area contributed by atoms with E-state index in [4.69, 9.17) is 0 Å². The average molecular weight is 817 g/mol. The summed E-state index contributed by atoms with van der Waals surface area (Å²) in [5.41, 5.74) is 12.0. The van der Waals surface area contributed by atoms with Crippen LogP contribution in [0.2, 0.25) is 0 Å². The lowest BCUT2D eigenvalue weighted by Gasteiger charge is -2.21. The molecule has 0 bridgehead atoms. The van der Waals surface area contributed by atoms with Gasteiger partial charge in [0.05, 0.1) is 31.6 Å². The standard InChI is InChI=1S/C60H40N2Si/c1-2-18-45(19-3-1)63-46-32-33-53-54(38-46)60(52-25-7-6-24-51(52)59(53)41-31-30-39-16-4-5-17-40(39)34-41)42-35-43(61-55-26-12-8-20-47(55)48-21-9-13-27-56(48)61)37-44(36-42)62-57-28-14-10-22-49(57)50-23-11-15-29-58(50)62/h1-38H,63H2. The van der Waals surface area contributed by atoms with Gasteiger partial charge in [-0.2, -0.15) is 0 Å². The Morgan fingerprint density at radius 1 is 0.254 bits per heavy atom. The molecule has 0 radical (unpaired) electrons. The first kappa shape index (κ1) is 35.7. The maximum Gasteiger partial charge on any atom is 0.0875 e. The summed E-state index contributed by atoms with van der Waals surface area (Å²) in [6.07, 6.45) is 0. The molecular weight excluding hydrogens is 777 g/mol. The van der Waals surface area contributed by atoms with E-state index < -0.39 is 9.52 Å². The number of hydrogen-bond acceptors (Lipinski definition) is 0. The lowest BCUT2D eigenvalue weighted by Crippen LogP contribution is -2.26. The van der Waals surface area contributed by atoms with Gasteiger partial charge in [0.2, 0.25) is 0 Å². The van der Waals surface area contributed by atoms with E-state index in [-0.39, 0.29) is 0 Å². The molecule has 0 unspecified atom stereocenters. The Hall–Kier alpha value is -7.98. The predicted octanol–water partition coefficient (Wildman–Crippen LogP) is 13.8. The van der Waals surface area contributed by atoms with E-state index in [1.807, 2.05) is 0 Å². The van der Waals surface area contributed by atoms with Crippen LogP contribution in [0.15, 0.2) is 231 Å². The van der Waals surface area contributed by atoms with E-state index in [0.717, 1.165) is 11.4 Å². The average Bonchev–Trinajstić information content (AvgIpc) is 3.86. The molecule has 63 heavy (non-hydrogen) atoms. The molecule has 0 amide bonds. The molecule has 0 aliphatic heterocycles. The fourth-order valence-electron chi connectivity index (χ4n) is 10.5. The molecule has 13 rings (SSSR count). The smallest absolute Gasteiger partial charge is 0.0875 e. The minimum absolute atomic E-state index is 0.760. The molecular formula is C60H40N2Si. The third kappa shape index (κ3) is 5.71. The molecule has 0 saturated carbocycles. The first-order chi connectivity index (χ1) is 31.2. The van der Waals surface area contributed by atoms with Crippen molar-refractivity contribution in [2.24, 2.45) is 0 Å². The van der Waals surface area contributed by atoms with Gasteiger partial charge in [-0.3, -0.25) is 0 Å². The van der Waals surface area contributed by atoms with Crippen molar-refractivity contribution in [3.8, 4) is 33.6 Å². The number of hydrogen-bond donors (Lipinski definition) is 0. The second kappa shape index (κ2) is 14.3. The molecule has 2 aromatic heterocycles. The zero-order chi connectivity index (χ0) is 41.4. The van der Waals surface area contributed by atoms with E-state index in [1.54, 1.807) is 0 Å². The normalized spacial score (nSPS) is 12.1. The van der Waals surface area contributed by atoms with Crippen LogP contribution in [0, 0.1) is 0 Å². The Balaban J connectivity index is 1.18. The zero-order valence-electron chi connectivity index (χ0n) is 34.5. The number of nitrogens with zero attached hydrogens (tertiary/aromatic N) is 2. The van der Waals surface area contributed by atoms with Gasteiger partial charge >= 0.3 is 0 Å². The molecule has 3 heteroatoms. The fraction of sp³-hybridized carbons (Fsp3) is 0. The molecule has 294 valence electrons. The highest BCUT2D eigenvalue weighted by Crippen LogP contribution is 2.46. The summed E-state index contributed by atoms with van der Waals surface area (Å²) in [7, 11) is -0.760. The molecule has 0 fully saturated rings. The lowest BCUT2D eigenvalue weighted by molar-refractivity contribution is 1.14. The minimum Gasteiger partial charge on any atom is -0.309 e. The molecule has 0 saturated heterocycles. The van der Waals surface area contributed by atoms with E-state index in [9.17, 15) is 0 Å². The number of rotatable bonds is 6. The van der Waals surface area contributed by atoms with E-state index in [1.165, 1.54) is 109 Å². The molecule has 2 nitrogen and oxygen atoms in total. The molecule has 2 heterocycles. The van der Waals surface area contributed by atoms with Crippen LogP contribution in [0.1, 0.15) is 0 Å². The highest BCUT2D eigenvalue weighted by Gasteiger charge is 2.22. The molecule has 0 aliphatic rings. The topological polar surface area (TPSA) is 9.86 Å². The van der Waals surface area contributed by atoms with Crippen LogP contribution in [-0.2, 0) is 0 Å². The van der Waals surface area contributed by atoms with Gasteiger partial charge in [-0.15, -0.1) is 0 Å². The van der Waals surface area contributed by atoms with Crippen molar-refractivity contribution in [3.05, 3.63) is 231 Å². The summed E-state index contributed by atoms with van der Waals surface area (Å²) in [5.74, 6) is 0. The number of benzene rings is 11. The Kier molecular flexibility index (Phi) is 8.12. The van der Waals surface area contributed by atoms with Crippen molar-refractivity contribution in [1.82, 2.24) is 9.13 Å². The highest BCUT2D eigenvalue weighted by molar-refractivity contribution is 6.67. The van der Waals surface area contributed by atoms with Gasteiger partial charge in [0.25, 0.3) is 0 Å². The van der Waals surface area contributed by atoms with Gasteiger partial charge < -0.3 is 9.13 Å². The maximum absolute atomic E-state index is 2.54. The summed E-state index contributed by atoms with van der Waals surface area (Å²) in [6.45, 7) is 0. The summed E-state index contributed by atoms with van der Waals surface area (Å²) in [5, 5.41) is 15.4. The molecule has 0 atom stereocenters. The first-order valence-electron chi connectivity index (χ1n) is 21.9. The van der Waals surface area contributed by atoms with Gasteiger partial charge in [-0.25, -0.2) is 0 Å². The van der Waals surface area contributed by atoms with Crippen LogP contribution in [0.5, 0.6) is 0 Å². The van der Waals surface area contributed by atoms with Gasteiger partial charge in [0.1, 0.15) is 0 Å². The highest BCUT2D eigenvalue weighted by atomic mass is 28.2. The van der Waals surface area contributed by atoms with Gasteiger partial charge in [-0.05, 0) is 103 Å². The Bertz CT molecular complexity index is 3710. The predicted molar refractivity (Wildman–Crippen MR) is 273 cm³/mol. The number of para-hydroxylation sites is 4. The van der Waals surface area contributed by atoms with Crippen molar-refractivity contribution in [3.63, 3.8) is 0 Å². The van der Waals surface area contributed by atoms with Crippen molar-refractivity contribution in [2.45, 2.75) is 0 Å². The van der Waals surface area contributed by atoms with Crippen LogP contribution in [0.4, 0.5) is 0 Å².